The molecule has 0 aliphatic carbocycles. The number of sulfonamides is 1. The third-order valence-corrected chi connectivity index (χ3v) is 6.48. The van der Waals surface area contributed by atoms with Gasteiger partial charge in [-0.05, 0) is 48.2 Å². The Hall–Kier alpha value is -3.91. The van der Waals surface area contributed by atoms with Gasteiger partial charge in [-0.1, -0.05) is 42.5 Å². The normalized spacial score (nSPS) is 11.2. The standard InChI is InChI=1S/C24H21N3O4S/c1-16-11-12-18(26-24(28)23-19-8-4-3-7-17(19)13-14-25-23)15-22(16)32(29,30)27-20-9-5-6-10-21(20)31-2/h3-15,27H,1-2H3,(H,26,28). The van der Waals surface area contributed by atoms with Crippen molar-refractivity contribution in [3.05, 3.63) is 90.3 Å². The van der Waals surface area contributed by atoms with E-state index in [1.165, 1.54) is 13.2 Å². The minimum Gasteiger partial charge on any atom is -0.495 e. The zero-order chi connectivity index (χ0) is 22.7. The SMILES string of the molecule is COc1ccccc1NS(=O)(=O)c1cc(NC(=O)c2nccc3ccccc23)ccc1C. The third-order valence-electron chi connectivity index (χ3n) is 4.98. The summed E-state index contributed by atoms with van der Waals surface area (Å²) in [5, 5.41) is 4.36. The van der Waals surface area contributed by atoms with Crippen LogP contribution < -0.4 is 14.8 Å². The molecular formula is C24H21N3O4S. The van der Waals surface area contributed by atoms with Crippen LogP contribution in [-0.4, -0.2) is 26.4 Å². The van der Waals surface area contributed by atoms with Crippen molar-refractivity contribution in [2.24, 2.45) is 0 Å². The Morgan fingerprint density at radius 1 is 0.969 bits per heavy atom. The topological polar surface area (TPSA) is 97.4 Å². The molecule has 0 bridgehead atoms. The number of benzene rings is 3. The number of fused-ring (bicyclic) bond motifs is 1. The van der Waals surface area contributed by atoms with Crippen LogP contribution in [0.15, 0.2) is 83.9 Å². The number of anilines is 2. The van der Waals surface area contributed by atoms with Gasteiger partial charge >= 0.3 is 0 Å². The van der Waals surface area contributed by atoms with E-state index in [1.807, 2.05) is 30.3 Å². The van der Waals surface area contributed by atoms with Crippen molar-refractivity contribution in [2.75, 3.05) is 17.1 Å². The van der Waals surface area contributed by atoms with E-state index in [2.05, 4.69) is 15.0 Å². The number of nitrogens with zero attached hydrogens (tertiary/aromatic N) is 1. The molecule has 0 fully saturated rings. The largest absolute Gasteiger partial charge is 0.495 e. The highest BCUT2D eigenvalue weighted by atomic mass is 32.2. The van der Waals surface area contributed by atoms with Crippen LogP contribution in [0.1, 0.15) is 16.1 Å². The molecular weight excluding hydrogens is 426 g/mol. The first-order valence-electron chi connectivity index (χ1n) is 9.80. The summed E-state index contributed by atoms with van der Waals surface area (Å²) in [6, 6.07) is 20.7. The average molecular weight is 448 g/mol. The fourth-order valence-corrected chi connectivity index (χ4v) is 4.73. The van der Waals surface area contributed by atoms with Gasteiger partial charge in [0.2, 0.25) is 0 Å². The van der Waals surface area contributed by atoms with E-state index in [0.29, 0.717) is 28.1 Å². The van der Waals surface area contributed by atoms with Gasteiger partial charge in [0, 0.05) is 17.3 Å². The Bertz CT molecular complexity index is 1410. The van der Waals surface area contributed by atoms with Crippen molar-refractivity contribution in [3.63, 3.8) is 0 Å². The quantitative estimate of drug-likeness (QED) is 0.450. The van der Waals surface area contributed by atoms with Crippen LogP contribution in [-0.2, 0) is 10.0 Å². The summed E-state index contributed by atoms with van der Waals surface area (Å²) in [6.07, 6.45) is 1.57. The van der Waals surface area contributed by atoms with Gasteiger partial charge in [-0.25, -0.2) is 8.42 Å². The molecule has 0 spiro atoms. The molecule has 0 saturated carbocycles. The van der Waals surface area contributed by atoms with Crippen LogP contribution in [0.4, 0.5) is 11.4 Å². The number of aryl methyl sites for hydroxylation is 1. The molecule has 8 heteroatoms. The molecule has 0 aliphatic rings. The van der Waals surface area contributed by atoms with Gasteiger partial charge in [-0.2, -0.15) is 0 Å². The summed E-state index contributed by atoms with van der Waals surface area (Å²) < 4.78 is 33.9. The number of ether oxygens (including phenoxy) is 1. The molecule has 3 aromatic carbocycles. The third kappa shape index (κ3) is 4.26. The van der Waals surface area contributed by atoms with Gasteiger partial charge in [0.25, 0.3) is 15.9 Å². The zero-order valence-electron chi connectivity index (χ0n) is 17.5. The number of carbonyl (C=O) groups excluding carboxylic acids is 1. The second-order valence-corrected chi connectivity index (χ2v) is 8.77. The lowest BCUT2D eigenvalue weighted by atomic mass is 10.1. The molecule has 0 atom stereocenters. The van der Waals surface area contributed by atoms with Crippen LogP contribution in [0, 0.1) is 6.92 Å². The lowest BCUT2D eigenvalue weighted by Gasteiger charge is -2.14. The van der Waals surface area contributed by atoms with Crippen molar-refractivity contribution < 1.29 is 17.9 Å². The van der Waals surface area contributed by atoms with E-state index in [9.17, 15) is 13.2 Å². The number of carbonyl (C=O) groups is 1. The lowest BCUT2D eigenvalue weighted by Crippen LogP contribution is -2.17. The van der Waals surface area contributed by atoms with Crippen LogP contribution in [0.3, 0.4) is 0 Å². The number of hydrogen-bond donors (Lipinski definition) is 2. The molecule has 0 radical (unpaired) electrons. The molecule has 1 amide bonds. The summed E-state index contributed by atoms with van der Waals surface area (Å²) in [4.78, 5) is 17.2. The first-order valence-corrected chi connectivity index (χ1v) is 11.3. The summed E-state index contributed by atoms with van der Waals surface area (Å²) >= 11 is 0. The predicted octanol–water partition coefficient (Wildman–Crippen LogP) is 4.60. The Kier molecular flexibility index (Phi) is 5.79. The summed E-state index contributed by atoms with van der Waals surface area (Å²) in [7, 11) is -2.46. The molecule has 0 aliphatic heterocycles. The molecule has 2 N–H and O–H groups in total. The molecule has 4 rings (SSSR count). The van der Waals surface area contributed by atoms with Crippen molar-refractivity contribution >= 4 is 38.1 Å². The number of rotatable bonds is 6. The zero-order valence-corrected chi connectivity index (χ0v) is 18.3. The molecule has 0 saturated heterocycles. The second-order valence-electron chi connectivity index (χ2n) is 7.12. The minimum absolute atomic E-state index is 0.0482. The summed E-state index contributed by atoms with van der Waals surface area (Å²) in [5.74, 6) is -0.0214. The monoisotopic (exact) mass is 447 g/mol. The first kappa shape index (κ1) is 21.3. The Morgan fingerprint density at radius 2 is 1.72 bits per heavy atom. The van der Waals surface area contributed by atoms with Crippen molar-refractivity contribution in [3.8, 4) is 5.75 Å². The summed E-state index contributed by atoms with van der Waals surface area (Å²) in [6.45, 7) is 1.69. The van der Waals surface area contributed by atoms with Gasteiger partial charge in [0.05, 0.1) is 17.7 Å². The van der Waals surface area contributed by atoms with E-state index < -0.39 is 15.9 Å². The average Bonchev–Trinajstić information content (AvgIpc) is 2.80. The number of amides is 1. The maximum Gasteiger partial charge on any atom is 0.274 e. The van der Waals surface area contributed by atoms with Gasteiger partial charge in [-0.3, -0.25) is 14.5 Å². The number of pyridine rings is 1. The number of nitrogens with one attached hydrogen (secondary N) is 2. The number of aromatic nitrogens is 1. The highest BCUT2D eigenvalue weighted by Crippen LogP contribution is 2.28. The van der Waals surface area contributed by atoms with E-state index in [4.69, 9.17) is 4.74 Å². The molecule has 4 aromatic rings. The maximum absolute atomic E-state index is 13.1. The lowest BCUT2D eigenvalue weighted by molar-refractivity contribution is 0.102. The fraction of sp³-hybridized carbons (Fsp3) is 0.0833. The fourth-order valence-electron chi connectivity index (χ4n) is 3.39. The van der Waals surface area contributed by atoms with Crippen LogP contribution >= 0.6 is 0 Å². The van der Waals surface area contributed by atoms with Crippen molar-refractivity contribution in [2.45, 2.75) is 11.8 Å². The number of hydrogen-bond acceptors (Lipinski definition) is 5. The van der Waals surface area contributed by atoms with Crippen molar-refractivity contribution in [1.82, 2.24) is 4.98 Å². The molecule has 0 unspecified atom stereocenters. The minimum atomic E-state index is -3.93. The highest BCUT2D eigenvalue weighted by Gasteiger charge is 2.20. The Balaban J connectivity index is 1.64. The predicted molar refractivity (Wildman–Crippen MR) is 125 cm³/mol. The smallest absolute Gasteiger partial charge is 0.274 e. The van der Waals surface area contributed by atoms with Crippen molar-refractivity contribution in [1.29, 1.82) is 0 Å². The molecule has 32 heavy (non-hydrogen) atoms. The van der Waals surface area contributed by atoms with Crippen LogP contribution in [0.25, 0.3) is 10.8 Å². The summed E-state index contributed by atoms with van der Waals surface area (Å²) in [5.41, 5.74) is 1.47. The highest BCUT2D eigenvalue weighted by molar-refractivity contribution is 7.92. The van der Waals surface area contributed by atoms with Gasteiger partial charge < -0.3 is 10.1 Å². The number of para-hydroxylation sites is 2. The number of methoxy groups -OCH3 is 1. The molecule has 1 aromatic heterocycles. The van der Waals surface area contributed by atoms with E-state index >= 15 is 0 Å². The first-order chi connectivity index (χ1) is 15.4. The van der Waals surface area contributed by atoms with Gasteiger partial charge in [0.15, 0.2) is 0 Å². The van der Waals surface area contributed by atoms with Gasteiger partial charge in [-0.15, -0.1) is 0 Å². The maximum atomic E-state index is 13.1. The Morgan fingerprint density at radius 3 is 2.53 bits per heavy atom. The molecule has 7 nitrogen and oxygen atoms in total. The van der Waals surface area contributed by atoms with E-state index in [-0.39, 0.29) is 10.6 Å². The van der Waals surface area contributed by atoms with E-state index in [0.717, 1.165) is 5.39 Å². The second kappa shape index (κ2) is 8.68. The van der Waals surface area contributed by atoms with Gasteiger partial charge in [0.1, 0.15) is 11.4 Å². The van der Waals surface area contributed by atoms with Crippen LogP contribution in [0.5, 0.6) is 5.75 Å². The molecule has 162 valence electrons. The van der Waals surface area contributed by atoms with E-state index in [1.54, 1.807) is 49.5 Å². The van der Waals surface area contributed by atoms with Crippen LogP contribution in [0.2, 0.25) is 0 Å². The Labute approximate surface area is 186 Å². The molecule has 1 heterocycles.